The fourth-order valence-electron chi connectivity index (χ4n) is 5.67. The van der Waals surface area contributed by atoms with Crippen molar-refractivity contribution in [1.29, 1.82) is 5.26 Å². The first-order chi connectivity index (χ1) is 18.0. The highest BCUT2D eigenvalue weighted by atomic mass is 19.1. The molecule has 2 unspecified atom stereocenters. The molecule has 0 saturated carbocycles. The van der Waals surface area contributed by atoms with Crippen LogP contribution in [0.5, 0.6) is 0 Å². The smallest absolute Gasteiger partial charge is 0.308 e. The second-order valence-corrected chi connectivity index (χ2v) is 9.44. The Bertz CT molecular complexity index is 1530. The predicted molar refractivity (Wildman–Crippen MR) is 133 cm³/mol. The van der Waals surface area contributed by atoms with Gasteiger partial charge in [0.2, 0.25) is 0 Å². The Morgan fingerprint density at radius 1 is 1.08 bits per heavy atom. The summed E-state index contributed by atoms with van der Waals surface area (Å²) in [7, 11) is 0. The Balaban J connectivity index is 1.30. The maximum atomic E-state index is 14.8. The first kappa shape index (κ1) is 23.1. The van der Waals surface area contributed by atoms with Gasteiger partial charge in [-0.1, -0.05) is 0 Å². The Morgan fingerprint density at radius 2 is 1.92 bits per heavy atom. The molecule has 6 rings (SSSR count). The van der Waals surface area contributed by atoms with E-state index in [0.29, 0.717) is 34.8 Å². The molecule has 0 spiro atoms. The summed E-state index contributed by atoms with van der Waals surface area (Å²) in [4.78, 5) is 19.3. The van der Waals surface area contributed by atoms with E-state index >= 15 is 0 Å². The average molecular weight is 500 g/mol. The summed E-state index contributed by atoms with van der Waals surface area (Å²) in [5.74, 6) is -0.877. The molecule has 2 aliphatic heterocycles. The third-order valence-corrected chi connectivity index (χ3v) is 7.29. The zero-order valence-electron chi connectivity index (χ0n) is 19.7. The van der Waals surface area contributed by atoms with Gasteiger partial charge < -0.3 is 5.32 Å². The van der Waals surface area contributed by atoms with Gasteiger partial charge in [-0.3, -0.25) is 10.2 Å². The summed E-state index contributed by atoms with van der Waals surface area (Å²) in [5, 5.41) is 19.2. The van der Waals surface area contributed by atoms with Crippen LogP contribution < -0.4 is 10.6 Å². The number of rotatable bonds is 4. The van der Waals surface area contributed by atoms with Gasteiger partial charge >= 0.3 is 6.03 Å². The lowest BCUT2D eigenvalue weighted by molar-refractivity contribution is 0.262. The third-order valence-electron chi connectivity index (χ3n) is 7.29. The van der Waals surface area contributed by atoms with Crippen LogP contribution in [0, 0.1) is 23.0 Å². The van der Waals surface area contributed by atoms with Gasteiger partial charge in [0, 0.05) is 30.1 Å². The quantitative estimate of drug-likeness (QED) is 0.418. The van der Waals surface area contributed by atoms with Crippen LogP contribution in [0.2, 0.25) is 0 Å². The number of anilines is 2. The number of nitriles is 1. The van der Waals surface area contributed by atoms with Crippen LogP contribution in [0.1, 0.15) is 41.5 Å². The molecule has 10 heteroatoms. The number of imidazole rings is 1. The number of carbonyl (C=O) groups excluding carboxylic acids is 1. The number of hydrogen-bond acceptors (Lipinski definition) is 5. The first-order valence-corrected chi connectivity index (χ1v) is 12.1. The van der Waals surface area contributed by atoms with E-state index in [4.69, 9.17) is 10.4 Å². The van der Waals surface area contributed by atoms with Crippen LogP contribution in [-0.4, -0.2) is 44.7 Å². The van der Waals surface area contributed by atoms with E-state index in [1.165, 1.54) is 18.3 Å². The average Bonchev–Trinajstić information content (AvgIpc) is 3.61. The van der Waals surface area contributed by atoms with Gasteiger partial charge in [0.1, 0.15) is 11.6 Å². The molecule has 0 bridgehead atoms. The second kappa shape index (κ2) is 9.26. The van der Waals surface area contributed by atoms with Crippen molar-refractivity contribution in [2.45, 2.75) is 30.7 Å². The molecular weight excluding hydrogens is 476 g/mol. The van der Waals surface area contributed by atoms with Gasteiger partial charge in [-0.15, -0.1) is 0 Å². The van der Waals surface area contributed by atoms with Crippen molar-refractivity contribution >= 4 is 23.2 Å². The molecule has 0 radical (unpaired) electrons. The zero-order valence-corrected chi connectivity index (χ0v) is 19.7. The minimum Gasteiger partial charge on any atom is -0.308 e. The molecule has 2 N–H and O–H groups in total. The predicted octanol–water partition coefficient (Wildman–Crippen LogP) is 4.87. The molecule has 2 aromatic heterocycles. The molecule has 186 valence electrons. The molecule has 2 aromatic carbocycles. The standard InChI is InChI=1S/C27H23F2N7O/c28-17-5-8-21(29)19(12-17)20-15-35-11-1-2-23(35)26(20)22-9-10-24-31-14-25(36(24)34-22)33-27(37)32-18-6-3-16(13-30)4-7-18/h3-10,12,14,20,23,26H,1-2,11,15H2,(H2,32,33,37)/t20?,23?,26-/m0/s1. The molecular formula is C27H23F2N7O. The van der Waals surface area contributed by atoms with E-state index in [0.717, 1.165) is 31.1 Å². The topological polar surface area (TPSA) is 98.3 Å². The molecule has 0 aliphatic carbocycles. The maximum absolute atomic E-state index is 14.8. The minimum atomic E-state index is -0.485. The summed E-state index contributed by atoms with van der Waals surface area (Å²) < 4.78 is 30.5. The Morgan fingerprint density at radius 3 is 2.73 bits per heavy atom. The summed E-state index contributed by atoms with van der Waals surface area (Å²) in [6.45, 7) is 1.56. The van der Waals surface area contributed by atoms with Crippen LogP contribution in [-0.2, 0) is 0 Å². The van der Waals surface area contributed by atoms with Crippen molar-refractivity contribution in [3.63, 3.8) is 0 Å². The number of urea groups is 1. The van der Waals surface area contributed by atoms with E-state index in [1.54, 1.807) is 28.8 Å². The minimum absolute atomic E-state index is 0.133. The Labute approximate surface area is 211 Å². The third kappa shape index (κ3) is 4.27. The van der Waals surface area contributed by atoms with E-state index in [9.17, 15) is 13.6 Å². The van der Waals surface area contributed by atoms with Gasteiger partial charge in [0.15, 0.2) is 11.5 Å². The summed E-state index contributed by atoms with van der Waals surface area (Å²) >= 11 is 0. The van der Waals surface area contributed by atoms with Crippen molar-refractivity contribution in [1.82, 2.24) is 19.5 Å². The molecule has 4 aromatic rings. The molecule has 2 fully saturated rings. The van der Waals surface area contributed by atoms with Crippen molar-refractivity contribution in [3.05, 3.63) is 89.2 Å². The van der Waals surface area contributed by atoms with Crippen LogP contribution in [0.25, 0.3) is 5.65 Å². The number of carbonyl (C=O) groups is 1. The number of benzene rings is 2. The van der Waals surface area contributed by atoms with Crippen LogP contribution >= 0.6 is 0 Å². The summed E-state index contributed by atoms with van der Waals surface area (Å²) in [5.41, 5.74) is 2.68. The lowest BCUT2D eigenvalue weighted by atomic mass is 9.81. The number of nitrogens with one attached hydrogen (secondary N) is 2. The zero-order chi connectivity index (χ0) is 25.5. The van der Waals surface area contributed by atoms with Crippen molar-refractivity contribution < 1.29 is 13.6 Å². The fourth-order valence-corrected chi connectivity index (χ4v) is 5.67. The van der Waals surface area contributed by atoms with E-state index in [1.807, 2.05) is 18.2 Å². The number of hydrogen-bond donors (Lipinski definition) is 2. The van der Waals surface area contributed by atoms with Gasteiger partial charge in [-0.25, -0.2) is 18.6 Å². The van der Waals surface area contributed by atoms with Crippen LogP contribution in [0.3, 0.4) is 0 Å². The number of halogens is 2. The lowest BCUT2D eigenvalue weighted by Crippen LogP contribution is -2.26. The Hall–Kier alpha value is -4.36. The maximum Gasteiger partial charge on any atom is 0.324 e. The van der Waals surface area contributed by atoms with Crippen LogP contribution in [0.15, 0.2) is 60.8 Å². The first-order valence-electron chi connectivity index (χ1n) is 12.1. The molecule has 2 saturated heterocycles. The fraction of sp³-hybridized carbons (Fsp3) is 0.259. The number of nitrogens with zero attached hydrogens (tertiary/aromatic N) is 5. The molecule has 2 aliphatic rings. The largest absolute Gasteiger partial charge is 0.324 e. The van der Waals surface area contributed by atoms with Gasteiger partial charge in [0.25, 0.3) is 0 Å². The Kier molecular flexibility index (Phi) is 5.77. The number of aromatic nitrogens is 3. The highest BCUT2D eigenvalue weighted by molar-refractivity contribution is 5.99. The molecule has 2 amide bonds. The summed E-state index contributed by atoms with van der Waals surface area (Å²) in [6, 6.07) is 15.6. The normalized spacial score (nSPS) is 21.1. The molecule has 4 heterocycles. The highest BCUT2D eigenvalue weighted by Gasteiger charge is 2.46. The van der Waals surface area contributed by atoms with E-state index in [2.05, 4.69) is 20.5 Å². The molecule has 8 nitrogen and oxygen atoms in total. The van der Waals surface area contributed by atoms with E-state index in [-0.39, 0.29) is 17.9 Å². The highest BCUT2D eigenvalue weighted by Crippen LogP contribution is 2.48. The van der Waals surface area contributed by atoms with Crippen molar-refractivity contribution in [2.75, 3.05) is 23.7 Å². The summed E-state index contributed by atoms with van der Waals surface area (Å²) in [6.07, 6.45) is 3.53. The SMILES string of the molecule is N#Cc1ccc(NC(=O)Nc2cnc3ccc([C@@H]4C(c5cc(F)ccc5F)CN5CCCC45)nn23)cc1. The van der Waals surface area contributed by atoms with Crippen molar-refractivity contribution in [3.8, 4) is 6.07 Å². The van der Waals surface area contributed by atoms with Gasteiger partial charge in [0.05, 0.1) is 23.5 Å². The molecule has 3 atom stereocenters. The van der Waals surface area contributed by atoms with Crippen LogP contribution in [0.4, 0.5) is 25.1 Å². The molecule has 37 heavy (non-hydrogen) atoms. The monoisotopic (exact) mass is 499 g/mol. The van der Waals surface area contributed by atoms with E-state index < -0.39 is 17.7 Å². The van der Waals surface area contributed by atoms with Crippen molar-refractivity contribution in [2.24, 2.45) is 0 Å². The number of fused-ring (bicyclic) bond motifs is 2. The lowest BCUT2D eigenvalue weighted by Gasteiger charge is -2.23. The van der Waals surface area contributed by atoms with Gasteiger partial charge in [-0.05, 0) is 79.5 Å². The van der Waals surface area contributed by atoms with Gasteiger partial charge in [-0.2, -0.15) is 14.9 Å². The number of amides is 2. The second-order valence-electron chi connectivity index (χ2n) is 9.44.